The van der Waals surface area contributed by atoms with E-state index in [1.54, 1.807) is 40.6 Å². The fourth-order valence-electron chi connectivity index (χ4n) is 10.0. The summed E-state index contributed by atoms with van der Waals surface area (Å²) >= 11 is 0. The van der Waals surface area contributed by atoms with Crippen molar-refractivity contribution < 1.29 is 65.9 Å². The van der Waals surface area contributed by atoms with Crippen LogP contribution in [-0.4, -0.2) is 132 Å². The fourth-order valence-corrected chi connectivity index (χ4v) is 12.8. The molecule has 0 aromatic carbocycles. The predicted molar refractivity (Wildman–Crippen MR) is 414 cm³/mol. The molecule has 0 saturated heterocycles. The highest BCUT2D eigenvalue weighted by molar-refractivity contribution is 6.74. The van der Waals surface area contributed by atoms with E-state index in [0.29, 0.717) is 56.3 Å². The summed E-state index contributed by atoms with van der Waals surface area (Å²) < 4.78 is 57.0. The Labute approximate surface area is 600 Å². The van der Waals surface area contributed by atoms with Crippen LogP contribution in [0.1, 0.15) is 188 Å². The minimum Gasteiger partial charge on any atom is -0.461 e. The summed E-state index contributed by atoms with van der Waals surface area (Å²) in [6.07, 6.45) is 40.6. The van der Waals surface area contributed by atoms with Gasteiger partial charge in [-0.3, -0.25) is 9.59 Å². The first-order chi connectivity index (χ1) is 45.9. The number of rotatable bonds is 29. The topological polar surface area (TPSA) is 161 Å². The van der Waals surface area contributed by atoms with E-state index in [9.17, 15) is 19.2 Å². The van der Waals surface area contributed by atoms with E-state index >= 15 is 0 Å². The van der Waals surface area contributed by atoms with Gasteiger partial charge in [-0.1, -0.05) is 168 Å². The minimum atomic E-state index is -1.99. The van der Waals surface area contributed by atoms with Crippen molar-refractivity contribution in [2.45, 2.75) is 261 Å². The van der Waals surface area contributed by atoms with E-state index in [2.05, 4.69) is 184 Å². The molecule has 0 bridgehead atoms. The Morgan fingerprint density at radius 1 is 0.622 bits per heavy atom. The average Bonchev–Trinajstić information content (AvgIpc) is 0.825. The average molecular weight is 1410 g/mol. The first-order valence-corrected chi connectivity index (χ1v) is 41.6. The van der Waals surface area contributed by atoms with Gasteiger partial charge in [0.15, 0.2) is 16.6 Å². The number of cyclic esters (lactones) is 2. The lowest BCUT2D eigenvalue weighted by molar-refractivity contribution is -0.143. The first kappa shape index (κ1) is 95.0. The Hall–Kier alpha value is -5.05. The molecule has 2 rings (SSSR count). The molecule has 98 heavy (non-hydrogen) atoms. The number of allylic oxidation sites excluding steroid dienone is 8. The van der Waals surface area contributed by atoms with Gasteiger partial charge in [0.2, 0.25) is 0 Å². The molecular weight excluding hydrogens is 1270 g/mol. The third-order valence-electron chi connectivity index (χ3n) is 18.6. The Balaban J connectivity index is 0. The lowest BCUT2D eigenvalue weighted by Crippen LogP contribution is -2.49. The smallest absolute Gasteiger partial charge is 0.330 e. The second-order valence-electron chi connectivity index (χ2n) is 29.6. The maximum Gasteiger partial charge on any atom is 0.330 e. The van der Waals surface area contributed by atoms with Crippen molar-refractivity contribution in [1.82, 2.24) is 0 Å². The molecule has 0 unspecified atom stereocenters. The van der Waals surface area contributed by atoms with Gasteiger partial charge in [-0.2, -0.15) is 0 Å². The fraction of sp³-hybridized carbons (Fsp3) is 0.659. The molecule has 0 saturated carbocycles. The van der Waals surface area contributed by atoms with Crippen LogP contribution in [0.2, 0.25) is 36.3 Å². The molecule has 0 aliphatic carbocycles. The molecule has 14 nitrogen and oxygen atoms in total. The van der Waals surface area contributed by atoms with Crippen molar-refractivity contribution in [2.24, 2.45) is 35.5 Å². The van der Waals surface area contributed by atoms with Gasteiger partial charge in [-0.05, 0) is 174 Å². The zero-order valence-corrected chi connectivity index (χ0v) is 68.0. The van der Waals surface area contributed by atoms with E-state index < -0.39 is 16.6 Å². The summed E-state index contributed by atoms with van der Waals surface area (Å²) in [5.74, 6) is 0.850. The first-order valence-electron chi connectivity index (χ1n) is 35.8. The maximum atomic E-state index is 11.9. The van der Waals surface area contributed by atoms with E-state index in [1.165, 1.54) is 12.2 Å². The summed E-state index contributed by atoms with van der Waals surface area (Å²) in [4.78, 5) is 46.7. The van der Waals surface area contributed by atoms with Crippen molar-refractivity contribution in [3.63, 3.8) is 0 Å². The molecule has 0 aromatic heterocycles. The van der Waals surface area contributed by atoms with Gasteiger partial charge in [0.1, 0.15) is 38.6 Å². The second-order valence-corrected chi connectivity index (χ2v) is 39.1. The SMILES string of the molecule is C=CCC/C=C/C(=O)OC/C(C)=C\[C@@H](C)[C@H](O[Si](C)(C)C(C)(C)C)[C@H](C=C)OC.C=CCCCCC(=O)OC/C(C)=C\[C@@H](C)[C@H](O[Si](C)(C)C(C)(C)C)[C@H](C=C)OC.CO[C@H]1/C=C/CC/C=C/C(=O)OC/C(C)=C\[C@@H](C)[C@@H]1C.CO[C@H]1/C=C/CCCCC(=O)OC/C(C)=C\[C@@H](C)[C@@H]1C. The third-order valence-corrected chi connectivity index (χ3v) is 27.6. The second kappa shape index (κ2) is 52.0. The van der Waals surface area contributed by atoms with Crippen LogP contribution in [0, 0.1) is 35.5 Å². The lowest BCUT2D eigenvalue weighted by atomic mass is 9.88. The number of carbonyl (C=O) groups is 4. The van der Waals surface area contributed by atoms with Crippen LogP contribution in [0.4, 0.5) is 0 Å². The molecule has 0 amide bonds. The largest absolute Gasteiger partial charge is 0.461 e. The molecule has 0 radical (unpaired) electrons. The molecule has 0 aromatic rings. The van der Waals surface area contributed by atoms with Crippen LogP contribution in [-0.2, 0) is 65.9 Å². The summed E-state index contributed by atoms with van der Waals surface area (Å²) in [6.45, 7) is 59.7. The molecule has 0 N–H and O–H groups in total. The highest BCUT2D eigenvalue weighted by Gasteiger charge is 2.43. The number of hydrogen-bond donors (Lipinski definition) is 0. The zero-order valence-electron chi connectivity index (χ0n) is 66.0. The molecule has 12 atom stereocenters. The Morgan fingerprint density at radius 2 is 1.07 bits per heavy atom. The summed E-state index contributed by atoms with van der Waals surface area (Å²) in [5.41, 5.74) is 4.17. The van der Waals surface area contributed by atoms with Crippen LogP contribution in [0.5, 0.6) is 0 Å². The number of esters is 4. The summed E-state index contributed by atoms with van der Waals surface area (Å²) in [5, 5.41) is 0.195. The number of unbranched alkanes of at least 4 members (excludes halogenated alkanes) is 3. The quantitative estimate of drug-likeness (QED) is 0.0174. The van der Waals surface area contributed by atoms with Gasteiger partial charge in [0.25, 0.3) is 0 Å². The molecule has 0 spiro atoms. The van der Waals surface area contributed by atoms with E-state index in [4.69, 9.17) is 46.7 Å². The van der Waals surface area contributed by atoms with Crippen molar-refractivity contribution in [1.29, 1.82) is 0 Å². The number of ether oxygens (including phenoxy) is 8. The third kappa shape index (κ3) is 41.6. The molecule has 560 valence electrons. The highest BCUT2D eigenvalue weighted by Crippen LogP contribution is 2.40. The van der Waals surface area contributed by atoms with Crippen molar-refractivity contribution in [3.8, 4) is 0 Å². The van der Waals surface area contributed by atoms with Gasteiger partial charge in [-0.15, -0.1) is 26.3 Å². The standard InChI is InChI=1S/C24H44O4Si.C24H42O4Si.C17H28O3.C17H26O3/c2*1-11-13-14-15-16-22(25)27-18-19(3)17-20(4)23(21(12-2)26-8)28-29(9,10)24(5,6)7;2*1-13-11-14(2)15(3)16(19-4)9-7-5-6-8-10-17(18)20-12-13/h11-12,17,20-21,23H,1-2,13-16,18H2,3-10H3;11-12,15-17,20-21,23H,1-2,13-14,18H2,3-10H3;7,9,11,14-16H,5-6,8,10,12H2,1-4H3;7-11,14-16H,5-6,12H2,1-4H3/b19-17-;16-15+,19-17-;9-7+,13-11-;9-7+,10-8+,13-11-/t2*20-,21+,23+;2*14-,15+,16+/m1111/s1. The van der Waals surface area contributed by atoms with Gasteiger partial charge in [0.05, 0.1) is 24.4 Å². The minimum absolute atomic E-state index is 0.0777. The van der Waals surface area contributed by atoms with Crippen LogP contribution in [0.15, 0.2) is 146 Å². The predicted octanol–water partition coefficient (Wildman–Crippen LogP) is 20.2. The Kier molecular flexibility index (Phi) is 50.4. The van der Waals surface area contributed by atoms with Gasteiger partial charge >= 0.3 is 23.9 Å². The zero-order chi connectivity index (χ0) is 75.2. The van der Waals surface area contributed by atoms with Crippen molar-refractivity contribution in [3.05, 3.63) is 146 Å². The molecular formula is C82H140O14Si2. The molecule has 2 heterocycles. The van der Waals surface area contributed by atoms with Gasteiger partial charge in [-0.25, -0.2) is 9.59 Å². The van der Waals surface area contributed by atoms with E-state index in [1.807, 2.05) is 52.0 Å². The van der Waals surface area contributed by atoms with E-state index in [-0.39, 0.29) is 89.0 Å². The number of methoxy groups -OCH3 is 4. The molecule has 16 heteroatoms. The molecule has 0 fully saturated rings. The summed E-state index contributed by atoms with van der Waals surface area (Å²) in [6, 6.07) is 0. The van der Waals surface area contributed by atoms with Crippen molar-refractivity contribution in [2.75, 3.05) is 54.9 Å². The lowest BCUT2D eigenvalue weighted by Gasteiger charge is -2.42. The van der Waals surface area contributed by atoms with Crippen LogP contribution in [0.3, 0.4) is 0 Å². The number of hydrogen-bond acceptors (Lipinski definition) is 14. The summed E-state index contributed by atoms with van der Waals surface area (Å²) in [7, 11) is 2.90. The normalized spacial score (nSPS) is 23.8. The van der Waals surface area contributed by atoms with Gasteiger partial charge < -0.3 is 46.7 Å². The molecule has 2 aliphatic rings. The van der Waals surface area contributed by atoms with Crippen molar-refractivity contribution >= 4 is 40.5 Å². The Bertz CT molecular complexity index is 2570. The Morgan fingerprint density at radius 3 is 1.51 bits per heavy atom. The van der Waals surface area contributed by atoms with Crippen LogP contribution < -0.4 is 0 Å². The number of carbonyl (C=O) groups excluding carboxylic acids is 4. The van der Waals surface area contributed by atoms with E-state index in [0.717, 1.165) is 86.5 Å². The maximum absolute atomic E-state index is 11.9. The van der Waals surface area contributed by atoms with Crippen LogP contribution >= 0.6 is 0 Å². The molecule has 2 aliphatic heterocycles. The highest BCUT2D eigenvalue weighted by atomic mass is 28.4. The van der Waals surface area contributed by atoms with Crippen LogP contribution in [0.25, 0.3) is 0 Å². The van der Waals surface area contributed by atoms with Gasteiger partial charge in [0, 0.05) is 65.3 Å². The monoisotopic (exact) mass is 1400 g/mol.